The molecule has 136 valence electrons. The van der Waals surface area contributed by atoms with Crippen molar-refractivity contribution in [3.8, 4) is 5.75 Å². The van der Waals surface area contributed by atoms with Crippen LogP contribution in [0.4, 0.5) is 11.4 Å². The van der Waals surface area contributed by atoms with E-state index in [2.05, 4.69) is 33.7 Å². The summed E-state index contributed by atoms with van der Waals surface area (Å²) < 4.78 is 5.30. The second-order valence-electron chi connectivity index (χ2n) is 6.37. The Morgan fingerprint density at radius 2 is 1.88 bits per heavy atom. The van der Waals surface area contributed by atoms with Crippen LogP contribution < -0.4 is 15.4 Å². The van der Waals surface area contributed by atoms with Gasteiger partial charge < -0.3 is 15.4 Å². The second-order valence-corrected chi connectivity index (χ2v) is 6.37. The van der Waals surface area contributed by atoms with Crippen molar-refractivity contribution in [2.75, 3.05) is 30.8 Å². The van der Waals surface area contributed by atoms with Gasteiger partial charge in [-0.15, -0.1) is 0 Å². The molecule has 0 aromatic heterocycles. The van der Waals surface area contributed by atoms with Crippen LogP contribution in [0.5, 0.6) is 5.75 Å². The highest BCUT2D eigenvalue weighted by Gasteiger charge is 2.18. The number of carbonyl (C=O) groups excluding carboxylic acids is 2. The normalized spacial score (nSPS) is 13.6. The molecule has 2 amide bonds. The van der Waals surface area contributed by atoms with Gasteiger partial charge in [-0.25, -0.2) is 0 Å². The average Bonchev–Trinajstić information content (AvgIpc) is 2.61. The smallest absolute Gasteiger partial charge is 0.238 e. The van der Waals surface area contributed by atoms with Crippen LogP contribution in [-0.2, 0) is 22.6 Å². The van der Waals surface area contributed by atoms with Gasteiger partial charge in [-0.05, 0) is 35.7 Å². The highest BCUT2D eigenvalue weighted by molar-refractivity contribution is 5.95. The van der Waals surface area contributed by atoms with Crippen molar-refractivity contribution in [3.05, 3.63) is 53.6 Å². The van der Waals surface area contributed by atoms with E-state index in [-0.39, 0.29) is 11.8 Å². The van der Waals surface area contributed by atoms with Gasteiger partial charge in [0.25, 0.3) is 0 Å². The molecule has 0 bridgehead atoms. The molecule has 2 aromatic carbocycles. The summed E-state index contributed by atoms with van der Waals surface area (Å²) in [5.41, 5.74) is 3.78. The maximum absolute atomic E-state index is 12.5. The van der Waals surface area contributed by atoms with Crippen molar-refractivity contribution in [1.82, 2.24) is 4.90 Å². The number of fused-ring (bicyclic) bond motifs is 1. The Balaban J connectivity index is 1.65. The summed E-state index contributed by atoms with van der Waals surface area (Å²) in [7, 11) is 1.55. The zero-order chi connectivity index (χ0) is 18.5. The van der Waals surface area contributed by atoms with E-state index in [9.17, 15) is 9.59 Å². The summed E-state index contributed by atoms with van der Waals surface area (Å²) in [5.74, 6) is 0.276. The SMILES string of the molecule is COc1ccc(NC(C)=O)cc1NC(=O)CN1CCc2ccccc2C1. The van der Waals surface area contributed by atoms with Crippen LogP contribution in [0.2, 0.25) is 0 Å². The van der Waals surface area contributed by atoms with Gasteiger partial charge in [-0.3, -0.25) is 14.5 Å². The lowest BCUT2D eigenvalue weighted by molar-refractivity contribution is -0.117. The minimum absolute atomic E-state index is 0.109. The zero-order valence-corrected chi connectivity index (χ0v) is 15.0. The van der Waals surface area contributed by atoms with E-state index < -0.39 is 0 Å². The van der Waals surface area contributed by atoms with Gasteiger partial charge in [-0.2, -0.15) is 0 Å². The first kappa shape index (κ1) is 17.9. The molecule has 6 nitrogen and oxygen atoms in total. The molecule has 0 spiro atoms. The van der Waals surface area contributed by atoms with Gasteiger partial charge >= 0.3 is 0 Å². The Kier molecular flexibility index (Phi) is 5.53. The number of carbonyl (C=O) groups is 2. The van der Waals surface area contributed by atoms with E-state index in [4.69, 9.17) is 4.74 Å². The fraction of sp³-hybridized carbons (Fsp3) is 0.300. The molecule has 6 heteroatoms. The molecule has 0 atom stereocenters. The molecular weight excluding hydrogens is 330 g/mol. The van der Waals surface area contributed by atoms with Gasteiger partial charge in [0.15, 0.2) is 0 Å². The first-order chi connectivity index (χ1) is 12.5. The van der Waals surface area contributed by atoms with E-state index in [1.807, 2.05) is 6.07 Å². The third-order valence-corrected chi connectivity index (χ3v) is 4.37. The number of amides is 2. The number of ether oxygens (including phenoxy) is 1. The highest BCUT2D eigenvalue weighted by Crippen LogP contribution is 2.28. The molecule has 1 aliphatic rings. The van der Waals surface area contributed by atoms with Gasteiger partial charge in [-0.1, -0.05) is 24.3 Å². The molecule has 0 fully saturated rings. The number of anilines is 2. The van der Waals surface area contributed by atoms with E-state index in [0.29, 0.717) is 23.7 Å². The number of nitrogens with zero attached hydrogens (tertiary/aromatic N) is 1. The fourth-order valence-corrected chi connectivity index (χ4v) is 3.17. The first-order valence-electron chi connectivity index (χ1n) is 8.60. The van der Waals surface area contributed by atoms with Crippen LogP contribution >= 0.6 is 0 Å². The van der Waals surface area contributed by atoms with Crippen LogP contribution in [-0.4, -0.2) is 36.9 Å². The predicted molar refractivity (Wildman–Crippen MR) is 101 cm³/mol. The zero-order valence-electron chi connectivity index (χ0n) is 15.0. The lowest BCUT2D eigenvalue weighted by atomic mass is 10.00. The highest BCUT2D eigenvalue weighted by atomic mass is 16.5. The molecule has 0 aliphatic carbocycles. The van der Waals surface area contributed by atoms with Crippen molar-refractivity contribution in [2.24, 2.45) is 0 Å². The molecule has 26 heavy (non-hydrogen) atoms. The Morgan fingerprint density at radius 3 is 2.62 bits per heavy atom. The third kappa shape index (κ3) is 4.40. The van der Waals surface area contributed by atoms with Gasteiger partial charge in [0.1, 0.15) is 5.75 Å². The van der Waals surface area contributed by atoms with Crippen LogP contribution in [0, 0.1) is 0 Å². The van der Waals surface area contributed by atoms with Gasteiger partial charge in [0.2, 0.25) is 11.8 Å². The molecule has 2 N–H and O–H groups in total. The molecule has 0 saturated heterocycles. The Bertz CT molecular complexity index is 820. The molecule has 3 rings (SSSR count). The second kappa shape index (κ2) is 8.01. The largest absolute Gasteiger partial charge is 0.495 e. The first-order valence-corrected chi connectivity index (χ1v) is 8.60. The molecule has 0 saturated carbocycles. The lowest BCUT2D eigenvalue weighted by Crippen LogP contribution is -2.37. The quantitative estimate of drug-likeness (QED) is 0.867. The Hall–Kier alpha value is -2.86. The van der Waals surface area contributed by atoms with Crippen molar-refractivity contribution in [3.63, 3.8) is 0 Å². The number of rotatable bonds is 5. The van der Waals surface area contributed by atoms with Crippen molar-refractivity contribution in [1.29, 1.82) is 0 Å². The number of hydrogen-bond acceptors (Lipinski definition) is 4. The molecular formula is C20H23N3O3. The molecule has 1 aliphatic heterocycles. The predicted octanol–water partition coefficient (Wildman–Crippen LogP) is 2.65. The van der Waals surface area contributed by atoms with E-state index in [1.54, 1.807) is 25.3 Å². The van der Waals surface area contributed by atoms with Crippen LogP contribution in [0.1, 0.15) is 18.1 Å². The topological polar surface area (TPSA) is 70.7 Å². The van der Waals surface area contributed by atoms with Crippen molar-refractivity contribution < 1.29 is 14.3 Å². The summed E-state index contributed by atoms with van der Waals surface area (Å²) in [6.45, 7) is 3.37. The minimum Gasteiger partial charge on any atom is -0.495 e. The summed E-state index contributed by atoms with van der Waals surface area (Å²) >= 11 is 0. The van der Waals surface area contributed by atoms with Crippen molar-refractivity contribution in [2.45, 2.75) is 19.9 Å². The Labute approximate surface area is 153 Å². The number of methoxy groups -OCH3 is 1. The third-order valence-electron chi connectivity index (χ3n) is 4.37. The van der Waals surface area contributed by atoms with Gasteiger partial charge in [0.05, 0.1) is 19.3 Å². The van der Waals surface area contributed by atoms with Crippen molar-refractivity contribution >= 4 is 23.2 Å². The van der Waals surface area contributed by atoms with E-state index >= 15 is 0 Å². The molecule has 0 unspecified atom stereocenters. The average molecular weight is 353 g/mol. The Morgan fingerprint density at radius 1 is 1.12 bits per heavy atom. The maximum Gasteiger partial charge on any atom is 0.238 e. The monoisotopic (exact) mass is 353 g/mol. The molecule has 1 heterocycles. The lowest BCUT2D eigenvalue weighted by Gasteiger charge is -2.28. The van der Waals surface area contributed by atoms with E-state index in [1.165, 1.54) is 18.1 Å². The maximum atomic E-state index is 12.5. The van der Waals surface area contributed by atoms with Crippen LogP contribution in [0.25, 0.3) is 0 Å². The number of nitrogens with one attached hydrogen (secondary N) is 2. The number of hydrogen-bond donors (Lipinski definition) is 2. The summed E-state index contributed by atoms with van der Waals surface area (Å²) in [4.78, 5) is 25.9. The molecule has 0 radical (unpaired) electrons. The van der Waals surface area contributed by atoms with Gasteiger partial charge in [0, 0.05) is 25.7 Å². The summed E-state index contributed by atoms with van der Waals surface area (Å²) in [6, 6.07) is 13.5. The number of benzene rings is 2. The van der Waals surface area contributed by atoms with E-state index in [0.717, 1.165) is 19.5 Å². The fourth-order valence-electron chi connectivity index (χ4n) is 3.17. The summed E-state index contributed by atoms with van der Waals surface area (Å²) in [5, 5.41) is 5.60. The van der Waals surface area contributed by atoms with Crippen LogP contribution in [0.15, 0.2) is 42.5 Å². The standard InChI is InChI=1S/C20H23N3O3/c1-14(24)21-17-7-8-19(26-2)18(11-17)22-20(25)13-23-10-9-15-5-3-4-6-16(15)12-23/h3-8,11H,9-10,12-13H2,1-2H3,(H,21,24)(H,22,25). The van der Waals surface area contributed by atoms with Crippen LogP contribution in [0.3, 0.4) is 0 Å². The summed E-state index contributed by atoms with van der Waals surface area (Å²) in [6.07, 6.45) is 0.949. The minimum atomic E-state index is -0.167. The molecule has 2 aromatic rings.